The lowest BCUT2D eigenvalue weighted by Gasteiger charge is -2.08. The third-order valence-electron chi connectivity index (χ3n) is 4.38. The van der Waals surface area contributed by atoms with E-state index in [1.165, 1.54) is 12.1 Å². The number of aromatic nitrogens is 1. The number of hydrogen-bond acceptors (Lipinski definition) is 3. The van der Waals surface area contributed by atoms with Gasteiger partial charge in [-0.1, -0.05) is 30.3 Å². The summed E-state index contributed by atoms with van der Waals surface area (Å²) in [4.78, 5) is 17.9. The fraction of sp³-hybridized carbons (Fsp3) is 0.0435. The van der Waals surface area contributed by atoms with Gasteiger partial charge in [0, 0.05) is 18.3 Å². The largest absolute Gasteiger partial charge is 0.348 e. The average molecular weight is 388 g/mol. The SMILES string of the molecule is O=C(NCc1ccnc(-c2cccs2)c1)c1ccc(-c2ccc(F)cc2)cc1. The van der Waals surface area contributed by atoms with Crippen LogP contribution in [0.2, 0.25) is 0 Å². The van der Waals surface area contributed by atoms with Crippen LogP contribution in [-0.4, -0.2) is 10.9 Å². The normalized spacial score (nSPS) is 10.6. The summed E-state index contributed by atoms with van der Waals surface area (Å²) in [5.41, 5.74) is 4.33. The molecule has 1 N–H and O–H groups in total. The Bertz CT molecular complexity index is 1070. The maximum absolute atomic E-state index is 13.0. The molecule has 0 saturated carbocycles. The summed E-state index contributed by atoms with van der Waals surface area (Å²) in [6, 6.07) is 21.5. The molecule has 0 aliphatic rings. The number of pyridine rings is 1. The van der Waals surface area contributed by atoms with Gasteiger partial charge in [0.2, 0.25) is 0 Å². The minimum atomic E-state index is -0.266. The van der Waals surface area contributed by atoms with Gasteiger partial charge in [0.25, 0.3) is 5.91 Å². The first kappa shape index (κ1) is 18.1. The van der Waals surface area contributed by atoms with Crippen LogP contribution < -0.4 is 5.32 Å². The van der Waals surface area contributed by atoms with Crippen molar-refractivity contribution in [2.24, 2.45) is 0 Å². The molecule has 2 aromatic heterocycles. The lowest BCUT2D eigenvalue weighted by Crippen LogP contribution is -2.22. The van der Waals surface area contributed by atoms with Crippen molar-refractivity contribution in [1.82, 2.24) is 10.3 Å². The van der Waals surface area contributed by atoms with E-state index in [4.69, 9.17) is 0 Å². The molecule has 0 spiro atoms. The Morgan fingerprint density at radius 2 is 1.68 bits per heavy atom. The summed E-state index contributed by atoms with van der Waals surface area (Å²) in [7, 11) is 0. The lowest BCUT2D eigenvalue weighted by molar-refractivity contribution is 0.0951. The van der Waals surface area contributed by atoms with Crippen LogP contribution in [0.5, 0.6) is 0 Å². The van der Waals surface area contributed by atoms with Gasteiger partial charge in [0.15, 0.2) is 0 Å². The van der Waals surface area contributed by atoms with Crippen LogP contribution in [0.25, 0.3) is 21.7 Å². The van der Waals surface area contributed by atoms with E-state index in [-0.39, 0.29) is 11.7 Å². The van der Waals surface area contributed by atoms with Crippen LogP contribution in [0.3, 0.4) is 0 Å². The minimum Gasteiger partial charge on any atom is -0.348 e. The number of rotatable bonds is 5. The Morgan fingerprint density at radius 1 is 0.964 bits per heavy atom. The van der Waals surface area contributed by atoms with Gasteiger partial charge in [-0.05, 0) is 64.5 Å². The number of benzene rings is 2. The molecule has 4 rings (SSSR count). The zero-order valence-electron chi connectivity index (χ0n) is 14.9. The van der Waals surface area contributed by atoms with E-state index in [2.05, 4.69) is 10.3 Å². The number of carbonyl (C=O) groups is 1. The van der Waals surface area contributed by atoms with Gasteiger partial charge in [-0.15, -0.1) is 11.3 Å². The highest BCUT2D eigenvalue weighted by Crippen LogP contribution is 2.23. The number of hydrogen-bond donors (Lipinski definition) is 1. The van der Waals surface area contributed by atoms with Crippen molar-refractivity contribution in [2.75, 3.05) is 0 Å². The van der Waals surface area contributed by atoms with Gasteiger partial charge in [0.05, 0.1) is 10.6 Å². The van der Waals surface area contributed by atoms with Gasteiger partial charge in [-0.25, -0.2) is 4.39 Å². The molecule has 0 aliphatic heterocycles. The maximum Gasteiger partial charge on any atom is 0.251 e. The number of nitrogens with one attached hydrogen (secondary N) is 1. The Labute approximate surface area is 166 Å². The molecule has 0 bridgehead atoms. The zero-order chi connectivity index (χ0) is 19.3. The molecule has 5 heteroatoms. The second-order valence-electron chi connectivity index (χ2n) is 6.29. The van der Waals surface area contributed by atoms with E-state index >= 15 is 0 Å². The maximum atomic E-state index is 13.0. The highest BCUT2D eigenvalue weighted by molar-refractivity contribution is 7.13. The van der Waals surface area contributed by atoms with Gasteiger partial charge in [-0.2, -0.15) is 0 Å². The van der Waals surface area contributed by atoms with Gasteiger partial charge >= 0.3 is 0 Å². The van der Waals surface area contributed by atoms with Crippen molar-refractivity contribution >= 4 is 17.2 Å². The van der Waals surface area contributed by atoms with Crippen molar-refractivity contribution in [1.29, 1.82) is 0 Å². The number of carbonyl (C=O) groups excluding carboxylic acids is 1. The summed E-state index contributed by atoms with van der Waals surface area (Å²) in [5, 5.41) is 4.96. The first-order valence-corrected chi connectivity index (χ1v) is 9.70. The van der Waals surface area contributed by atoms with Gasteiger partial charge < -0.3 is 5.32 Å². The smallest absolute Gasteiger partial charge is 0.251 e. The number of halogens is 1. The highest BCUT2D eigenvalue weighted by Gasteiger charge is 2.07. The van der Waals surface area contributed by atoms with E-state index in [1.54, 1.807) is 41.8 Å². The molecule has 4 aromatic rings. The Hall–Kier alpha value is -3.31. The van der Waals surface area contributed by atoms with Crippen LogP contribution in [0.1, 0.15) is 15.9 Å². The first-order chi connectivity index (χ1) is 13.7. The number of thiophene rings is 1. The molecule has 0 atom stereocenters. The Balaban J connectivity index is 1.41. The van der Waals surface area contributed by atoms with Crippen LogP contribution in [0.15, 0.2) is 84.4 Å². The molecular formula is C23H17FN2OS. The molecule has 138 valence electrons. The van der Waals surface area contributed by atoms with Crippen LogP contribution in [0, 0.1) is 5.82 Å². The summed E-state index contributed by atoms with van der Waals surface area (Å²) < 4.78 is 13.0. The summed E-state index contributed by atoms with van der Waals surface area (Å²) >= 11 is 1.64. The standard InChI is InChI=1S/C23H17FN2OS/c24-20-9-7-18(8-10-20)17-3-5-19(6-4-17)23(27)26-15-16-11-12-25-21(14-16)22-2-1-13-28-22/h1-14H,15H2,(H,26,27). The fourth-order valence-corrected chi connectivity index (χ4v) is 3.58. The van der Waals surface area contributed by atoms with Gasteiger partial charge in [-0.3, -0.25) is 9.78 Å². The summed E-state index contributed by atoms with van der Waals surface area (Å²) in [5.74, 6) is -0.404. The molecule has 0 saturated heterocycles. The van der Waals surface area contributed by atoms with Crippen LogP contribution in [0.4, 0.5) is 4.39 Å². The average Bonchev–Trinajstić information content (AvgIpc) is 3.28. The van der Waals surface area contributed by atoms with Crippen molar-refractivity contribution in [3.63, 3.8) is 0 Å². The van der Waals surface area contributed by atoms with E-state index in [9.17, 15) is 9.18 Å². The third-order valence-corrected chi connectivity index (χ3v) is 5.27. The van der Waals surface area contributed by atoms with Crippen molar-refractivity contribution in [2.45, 2.75) is 6.54 Å². The molecule has 0 radical (unpaired) electrons. The molecular weight excluding hydrogens is 371 g/mol. The highest BCUT2D eigenvalue weighted by atomic mass is 32.1. The zero-order valence-corrected chi connectivity index (χ0v) is 15.7. The fourth-order valence-electron chi connectivity index (χ4n) is 2.88. The molecule has 0 unspecified atom stereocenters. The van der Waals surface area contributed by atoms with Gasteiger partial charge in [0.1, 0.15) is 5.82 Å². The Kier molecular flexibility index (Phi) is 5.26. The van der Waals surface area contributed by atoms with Crippen LogP contribution in [-0.2, 0) is 6.54 Å². The second kappa shape index (κ2) is 8.15. The predicted octanol–water partition coefficient (Wildman–Crippen LogP) is 5.55. The van der Waals surface area contributed by atoms with Crippen molar-refractivity contribution in [3.05, 3.63) is 101 Å². The second-order valence-corrected chi connectivity index (χ2v) is 7.24. The number of amides is 1. The Morgan fingerprint density at radius 3 is 2.36 bits per heavy atom. The minimum absolute atomic E-state index is 0.139. The van der Waals surface area contributed by atoms with Crippen LogP contribution >= 0.6 is 11.3 Å². The van der Waals surface area contributed by atoms with E-state index in [0.29, 0.717) is 12.1 Å². The molecule has 3 nitrogen and oxygen atoms in total. The monoisotopic (exact) mass is 388 g/mol. The van der Waals surface area contributed by atoms with Crippen molar-refractivity contribution in [3.8, 4) is 21.7 Å². The first-order valence-electron chi connectivity index (χ1n) is 8.82. The molecule has 1 amide bonds. The number of nitrogens with zero attached hydrogens (tertiary/aromatic N) is 1. The molecule has 0 aliphatic carbocycles. The van der Waals surface area contributed by atoms with E-state index < -0.39 is 0 Å². The molecule has 0 fully saturated rings. The molecule has 28 heavy (non-hydrogen) atoms. The lowest BCUT2D eigenvalue weighted by atomic mass is 10.0. The van der Waals surface area contributed by atoms with E-state index in [0.717, 1.165) is 27.3 Å². The quantitative estimate of drug-likeness (QED) is 0.487. The third kappa shape index (κ3) is 4.15. The summed E-state index contributed by atoms with van der Waals surface area (Å²) in [6.45, 7) is 0.430. The summed E-state index contributed by atoms with van der Waals surface area (Å²) in [6.07, 6.45) is 1.76. The van der Waals surface area contributed by atoms with E-state index in [1.807, 2.05) is 41.8 Å². The predicted molar refractivity (Wildman–Crippen MR) is 111 cm³/mol. The van der Waals surface area contributed by atoms with Crippen molar-refractivity contribution < 1.29 is 9.18 Å². The topological polar surface area (TPSA) is 42.0 Å². The molecule has 2 aromatic carbocycles. The molecule has 2 heterocycles.